The Labute approximate surface area is 117 Å². The molecular weight excluding hydrogens is 272 g/mol. The highest BCUT2D eigenvalue weighted by Crippen LogP contribution is 2.15. The van der Waals surface area contributed by atoms with Crippen LogP contribution in [0.1, 0.15) is 0 Å². The Balaban J connectivity index is 2.35. The first-order chi connectivity index (χ1) is 10.2. The van der Waals surface area contributed by atoms with Crippen LogP contribution in [0.15, 0.2) is 50.5 Å². The standard InChI is InChI=1S/C14H8N4O3/c15-6-7-18-12-10(13(19)21-14(18)20)8-16-11(17-12)9-4-2-1-3-5-9/h1-5,8H,7H2. The van der Waals surface area contributed by atoms with Crippen molar-refractivity contribution in [3.63, 3.8) is 0 Å². The fourth-order valence-corrected chi connectivity index (χ4v) is 1.93. The number of nitriles is 1. The summed E-state index contributed by atoms with van der Waals surface area (Å²) in [6.07, 6.45) is 1.30. The average Bonchev–Trinajstić information content (AvgIpc) is 2.52. The molecule has 0 unspecified atom stereocenters. The quantitative estimate of drug-likeness (QED) is 0.692. The van der Waals surface area contributed by atoms with Crippen molar-refractivity contribution in [3.05, 3.63) is 57.5 Å². The lowest BCUT2D eigenvalue weighted by Gasteiger charge is -2.05. The van der Waals surface area contributed by atoms with Crippen LogP contribution < -0.4 is 11.4 Å². The molecule has 1 aromatic carbocycles. The molecule has 0 amide bonds. The van der Waals surface area contributed by atoms with Gasteiger partial charge in [0.15, 0.2) is 11.5 Å². The molecule has 0 atom stereocenters. The summed E-state index contributed by atoms with van der Waals surface area (Å²) in [5, 5.41) is 8.85. The molecule has 3 rings (SSSR count). The smallest absolute Gasteiger partial charge is 0.372 e. The second-order valence-corrected chi connectivity index (χ2v) is 4.20. The van der Waals surface area contributed by atoms with Crippen molar-refractivity contribution < 1.29 is 4.42 Å². The van der Waals surface area contributed by atoms with Gasteiger partial charge in [-0.1, -0.05) is 30.3 Å². The van der Waals surface area contributed by atoms with Crippen LogP contribution in [0.4, 0.5) is 0 Å². The number of benzene rings is 1. The van der Waals surface area contributed by atoms with Gasteiger partial charge in [-0.2, -0.15) is 5.26 Å². The lowest BCUT2D eigenvalue weighted by molar-refractivity contribution is 0.425. The summed E-state index contributed by atoms with van der Waals surface area (Å²) in [6, 6.07) is 10.9. The fraction of sp³-hybridized carbons (Fsp3) is 0.0714. The molecule has 2 heterocycles. The zero-order chi connectivity index (χ0) is 14.8. The van der Waals surface area contributed by atoms with E-state index in [0.29, 0.717) is 5.82 Å². The number of nitrogens with zero attached hydrogens (tertiary/aromatic N) is 4. The molecule has 3 aromatic rings. The highest BCUT2D eigenvalue weighted by Gasteiger charge is 2.12. The van der Waals surface area contributed by atoms with Crippen LogP contribution in [-0.4, -0.2) is 14.5 Å². The number of hydrogen-bond acceptors (Lipinski definition) is 6. The molecule has 7 heteroatoms. The molecule has 0 saturated carbocycles. The van der Waals surface area contributed by atoms with Crippen molar-refractivity contribution in [2.75, 3.05) is 0 Å². The molecular formula is C14H8N4O3. The van der Waals surface area contributed by atoms with E-state index in [9.17, 15) is 9.59 Å². The maximum absolute atomic E-state index is 11.7. The summed E-state index contributed by atoms with van der Waals surface area (Å²) < 4.78 is 5.55. The van der Waals surface area contributed by atoms with Gasteiger partial charge >= 0.3 is 11.4 Å². The summed E-state index contributed by atoms with van der Waals surface area (Å²) in [5.74, 6) is -0.549. The third-order valence-electron chi connectivity index (χ3n) is 2.91. The minimum absolute atomic E-state index is 0.0598. The van der Waals surface area contributed by atoms with Crippen molar-refractivity contribution in [1.29, 1.82) is 5.26 Å². The van der Waals surface area contributed by atoms with Crippen LogP contribution in [0.5, 0.6) is 0 Å². The van der Waals surface area contributed by atoms with E-state index >= 15 is 0 Å². The van der Waals surface area contributed by atoms with Gasteiger partial charge in [-0.25, -0.2) is 24.1 Å². The number of hydrogen-bond donors (Lipinski definition) is 0. The molecule has 0 saturated heterocycles. The second kappa shape index (κ2) is 5.02. The van der Waals surface area contributed by atoms with Gasteiger partial charge < -0.3 is 4.42 Å². The Hall–Kier alpha value is -3.27. The van der Waals surface area contributed by atoms with Crippen LogP contribution >= 0.6 is 0 Å². The molecule has 0 aliphatic carbocycles. The van der Waals surface area contributed by atoms with Gasteiger partial charge in [-0.15, -0.1) is 0 Å². The molecule has 0 fully saturated rings. The van der Waals surface area contributed by atoms with Crippen LogP contribution in [0.2, 0.25) is 0 Å². The molecule has 2 aromatic heterocycles. The topological polar surface area (TPSA) is 102 Å². The van der Waals surface area contributed by atoms with Gasteiger partial charge in [0.1, 0.15) is 11.9 Å². The minimum Gasteiger partial charge on any atom is -0.372 e. The van der Waals surface area contributed by atoms with E-state index in [1.165, 1.54) is 6.20 Å². The fourth-order valence-electron chi connectivity index (χ4n) is 1.93. The molecule has 0 radical (unpaired) electrons. The highest BCUT2D eigenvalue weighted by molar-refractivity contribution is 5.74. The van der Waals surface area contributed by atoms with Crippen molar-refractivity contribution in [3.8, 4) is 17.5 Å². The van der Waals surface area contributed by atoms with E-state index in [1.807, 2.05) is 24.3 Å². The third kappa shape index (κ3) is 2.19. The Bertz CT molecular complexity index is 967. The second-order valence-electron chi connectivity index (χ2n) is 4.20. The number of rotatable bonds is 2. The zero-order valence-corrected chi connectivity index (χ0v) is 10.7. The Morgan fingerprint density at radius 3 is 2.71 bits per heavy atom. The molecule has 102 valence electrons. The first-order valence-corrected chi connectivity index (χ1v) is 6.04. The Morgan fingerprint density at radius 1 is 1.24 bits per heavy atom. The van der Waals surface area contributed by atoms with Crippen LogP contribution in [0, 0.1) is 11.3 Å². The van der Waals surface area contributed by atoms with E-state index in [1.54, 1.807) is 12.1 Å². The molecule has 0 N–H and O–H groups in total. The van der Waals surface area contributed by atoms with Crippen LogP contribution in [0.3, 0.4) is 0 Å². The van der Waals surface area contributed by atoms with Crippen LogP contribution in [0.25, 0.3) is 22.4 Å². The highest BCUT2D eigenvalue weighted by atomic mass is 16.4. The normalized spacial score (nSPS) is 10.4. The van der Waals surface area contributed by atoms with Gasteiger partial charge in [0, 0.05) is 11.8 Å². The Kier molecular flexibility index (Phi) is 3.04. The van der Waals surface area contributed by atoms with Crippen molar-refractivity contribution in [2.45, 2.75) is 6.54 Å². The van der Waals surface area contributed by atoms with Gasteiger partial charge in [0.25, 0.3) is 0 Å². The third-order valence-corrected chi connectivity index (χ3v) is 2.91. The lowest BCUT2D eigenvalue weighted by atomic mass is 10.2. The van der Waals surface area contributed by atoms with Gasteiger partial charge in [-0.05, 0) is 0 Å². The summed E-state index contributed by atoms with van der Waals surface area (Å²) in [6.45, 7) is -0.260. The molecule has 7 nitrogen and oxygen atoms in total. The largest absolute Gasteiger partial charge is 0.424 e. The molecule has 0 aliphatic rings. The Morgan fingerprint density at radius 2 is 2.00 bits per heavy atom. The molecule has 0 bridgehead atoms. The van der Waals surface area contributed by atoms with Crippen molar-refractivity contribution in [1.82, 2.24) is 14.5 Å². The molecule has 21 heavy (non-hydrogen) atoms. The van der Waals surface area contributed by atoms with E-state index in [4.69, 9.17) is 5.26 Å². The predicted octanol–water partition coefficient (Wildman–Crippen LogP) is 0.935. The van der Waals surface area contributed by atoms with Gasteiger partial charge in [0.05, 0.1) is 6.07 Å². The van der Waals surface area contributed by atoms with Crippen molar-refractivity contribution in [2.24, 2.45) is 0 Å². The van der Waals surface area contributed by atoms with E-state index in [2.05, 4.69) is 14.4 Å². The molecule has 0 aliphatic heterocycles. The number of fused-ring (bicyclic) bond motifs is 1. The van der Waals surface area contributed by atoms with E-state index < -0.39 is 11.4 Å². The summed E-state index contributed by atoms with van der Waals surface area (Å²) >= 11 is 0. The van der Waals surface area contributed by atoms with Gasteiger partial charge in [0.2, 0.25) is 0 Å². The average molecular weight is 280 g/mol. The zero-order valence-electron chi connectivity index (χ0n) is 10.7. The first-order valence-electron chi connectivity index (χ1n) is 6.04. The monoisotopic (exact) mass is 280 g/mol. The van der Waals surface area contributed by atoms with Crippen molar-refractivity contribution >= 4 is 11.0 Å². The number of aromatic nitrogens is 3. The van der Waals surface area contributed by atoms with E-state index in [0.717, 1.165) is 10.1 Å². The lowest BCUT2D eigenvalue weighted by Crippen LogP contribution is -2.25. The summed E-state index contributed by atoms with van der Waals surface area (Å²) in [4.78, 5) is 31.7. The first kappa shape index (κ1) is 12.7. The summed E-state index contributed by atoms with van der Waals surface area (Å²) in [5.41, 5.74) is 0.0130. The minimum atomic E-state index is -0.910. The maximum atomic E-state index is 11.7. The predicted molar refractivity (Wildman–Crippen MR) is 73.4 cm³/mol. The SMILES string of the molecule is N#CCn1c(=O)oc(=O)c2cnc(-c3ccccc3)nc21. The summed E-state index contributed by atoms with van der Waals surface area (Å²) in [7, 11) is 0. The van der Waals surface area contributed by atoms with Crippen LogP contribution in [-0.2, 0) is 6.54 Å². The van der Waals surface area contributed by atoms with E-state index in [-0.39, 0.29) is 17.6 Å². The molecule has 0 spiro atoms. The van der Waals surface area contributed by atoms with Gasteiger partial charge in [-0.3, -0.25) is 0 Å². The maximum Gasteiger partial charge on any atom is 0.424 e.